The van der Waals surface area contributed by atoms with E-state index >= 15 is 0 Å². The van der Waals surface area contributed by atoms with Crippen LogP contribution >= 0.6 is 0 Å². The molecule has 4 heteroatoms. The van der Waals surface area contributed by atoms with E-state index in [1.807, 2.05) is 0 Å². The number of rotatable bonds is 5. The first-order chi connectivity index (χ1) is 8.81. The van der Waals surface area contributed by atoms with Crippen LogP contribution in [0.2, 0.25) is 0 Å². The van der Waals surface area contributed by atoms with Crippen molar-refractivity contribution in [2.24, 2.45) is 11.3 Å². The molecule has 1 aliphatic carbocycles. The Morgan fingerprint density at radius 1 is 1.26 bits per heavy atom. The summed E-state index contributed by atoms with van der Waals surface area (Å²) in [6.07, 6.45) is 6.23. The summed E-state index contributed by atoms with van der Waals surface area (Å²) in [6.45, 7) is 6.64. The monoisotopic (exact) mass is 271 g/mol. The minimum atomic E-state index is -0.909. The molecular weight excluding hydrogens is 242 g/mol. The van der Waals surface area contributed by atoms with Crippen LogP contribution in [0.5, 0.6) is 0 Å². The van der Waals surface area contributed by atoms with E-state index in [0.717, 1.165) is 44.9 Å². The minimum Gasteiger partial charge on any atom is -0.465 e. The van der Waals surface area contributed by atoms with Crippen molar-refractivity contribution >= 4 is 6.09 Å². The maximum atomic E-state index is 11.1. The molecule has 19 heavy (non-hydrogen) atoms. The lowest BCUT2D eigenvalue weighted by Crippen LogP contribution is -2.58. The predicted octanol–water partition coefficient (Wildman–Crippen LogP) is 3.39. The van der Waals surface area contributed by atoms with E-state index in [1.54, 1.807) is 0 Å². The van der Waals surface area contributed by atoms with Crippen LogP contribution in [0.4, 0.5) is 4.79 Å². The lowest BCUT2D eigenvalue weighted by molar-refractivity contribution is 0.0652. The molecule has 3 N–H and O–H groups in total. The van der Waals surface area contributed by atoms with E-state index in [1.165, 1.54) is 0 Å². The molecule has 1 aliphatic rings. The third kappa shape index (κ3) is 4.37. The minimum absolute atomic E-state index is 0.0541. The van der Waals surface area contributed by atoms with E-state index in [4.69, 9.17) is 10.2 Å². The largest absolute Gasteiger partial charge is 0.465 e. The van der Waals surface area contributed by atoms with Crippen LogP contribution in [0.15, 0.2) is 0 Å². The Morgan fingerprint density at radius 2 is 1.84 bits per heavy atom. The van der Waals surface area contributed by atoms with Gasteiger partial charge in [-0.15, -0.1) is 0 Å². The molecule has 0 aromatic carbocycles. The Bertz CT molecular complexity index is 288. The van der Waals surface area contributed by atoms with Gasteiger partial charge in [-0.2, -0.15) is 0 Å². The number of aliphatic hydroxyl groups is 1. The first-order valence-electron chi connectivity index (χ1n) is 7.43. The molecule has 0 heterocycles. The van der Waals surface area contributed by atoms with Gasteiger partial charge >= 0.3 is 6.09 Å². The highest BCUT2D eigenvalue weighted by molar-refractivity contribution is 5.65. The zero-order chi connectivity index (χ0) is 14.5. The van der Waals surface area contributed by atoms with Gasteiger partial charge in [0.2, 0.25) is 0 Å². The molecule has 1 amide bonds. The number of amides is 1. The van der Waals surface area contributed by atoms with Gasteiger partial charge in [-0.25, -0.2) is 4.79 Å². The van der Waals surface area contributed by atoms with Crippen molar-refractivity contribution in [2.75, 3.05) is 6.61 Å². The molecule has 0 saturated heterocycles. The molecule has 1 fully saturated rings. The van der Waals surface area contributed by atoms with Gasteiger partial charge in [0.25, 0.3) is 0 Å². The van der Waals surface area contributed by atoms with Crippen LogP contribution in [-0.4, -0.2) is 28.5 Å². The number of aliphatic hydroxyl groups excluding tert-OH is 1. The third-order valence-corrected chi connectivity index (χ3v) is 4.76. The van der Waals surface area contributed by atoms with Gasteiger partial charge in [0.05, 0.1) is 0 Å². The Balaban J connectivity index is 2.57. The number of carbonyl (C=O) groups is 1. The van der Waals surface area contributed by atoms with Gasteiger partial charge in [-0.05, 0) is 43.4 Å². The fraction of sp³-hybridized carbons (Fsp3) is 0.933. The van der Waals surface area contributed by atoms with Gasteiger partial charge in [-0.3, -0.25) is 0 Å². The van der Waals surface area contributed by atoms with Crippen molar-refractivity contribution in [1.82, 2.24) is 5.32 Å². The van der Waals surface area contributed by atoms with Crippen molar-refractivity contribution in [3.05, 3.63) is 0 Å². The van der Waals surface area contributed by atoms with Crippen molar-refractivity contribution in [3.63, 3.8) is 0 Å². The molecular formula is C15H29NO3. The zero-order valence-electron chi connectivity index (χ0n) is 12.5. The highest BCUT2D eigenvalue weighted by atomic mass is 16.4. The topological polar surface area (TPSA) is 69.6 Å². The SMILES string of the molecule is CC(C)(C)C1(NC(=O)O)CCC(CCCCO)CC1. The Labute approximate surface area is 116 Å². The number of carboxylic acid groups (broad SMARTS) is 1. The smallest absolute Gasteiger partial charge is 0.405 e. The van der Waals surface area contributed by atoms with Crippen LogP contribution < -0.4 is 5.32 Å². The second-order valence-corrected chi connectivity index (χ2v) is 6.93. The van der Waals surface area contributed by atoms with Gasteiger partial charge in [0.1, 0.15) is 0 Å². The number of hydrogen-bond donors (Lipinski definition) is 3. The molecule has 4 nitrogen and oxygen atoms in total. The molecule has 0 aromatic heterocycles. The molecule has 0 aliphatic heterocycles. The van der Waals surface area contributed by atoms with Crippen LogP contribution in [0.1, 0.15) is 65.7 Å². The van der Waals surface area contributed by atoms with Crippen LogP contribution in [0.3, 0.4) is 0 Å². The lowest BCUT2D eigenvalue weighted by atomic mass is 9.63. The molecule has 0 unspecified atom stereocenters. The third-order valence-electron chi connectivity index (χ3n) is 4.76. The first-order valence-corrected chi connectivity index (χ1v) is 7.43. The molecule has 0 aromatic rings. The summed E-state index contributed by atoms with van der Waals surface area (Å²) >= 11 is 0. The molecule has 1 rings (SSSR count). The van der Waals surface area contributed by atoms with Crippen molar-refractivity contribution in [2.45, 2.75) is 71.3 Å². The predicted molar refractivity (Wildman–Crippen MR) is 76.2 cm³/mol. The van der Waals surface area contributed by atoms with E-state index in [0.29, 0.717) is 5.92 Å². The van der Waals surface area contributed by atoms with E-state index in [-0.39, 0.29) is 17.6 Å². The quantitative estimate of drug-likeness (QED) is 0.671. The summed E-state index contributed by atoms with van der Waals surface area (Å²) in [5.74, 6) is 0.692. The summed E-state index contributed by atoms with van der Waals surface area (Å²) in [4.78, 5) is 11.1. The van der Waals surface area contributed by atoms with Crippen molar-refractivity contribution in [3.8, 4) is 0 Å². The average Bonchev–Trinajstić information content (AvgIpc) is 2.29. The van der Waals surface area contributed by atoms with Crippen molar-refractivity contribution < 1.29 is 15.0 Å². The maximum absolute atomic E-state index is 11.1. The highest BCUT2D eigenvalue weighted by Crippen LogP contribution is 2.44. The first kappa shape index (κ1) is 16.3. The normalized spacial score (nSPS) is 28.1. The summed E-state index contributed by atoms with van der Waals surface area (Å²) in [5.41, 5.74) is -0.340. The van der Waals surface area contributed by atoms with E-state index < -0.39 is 6.09 Å². The van der Waals surface area contributed by atoms with Crippen LogP contribution in [-0.2, 0) is 0 Å². The number of unbranched alkanes of at least 4 members (excludes halogenated alkanes) is 1. The summed E-state index contributed by atoms with van der Waals surface area (Å²) in [5, 5.41) is 20.7. The van der Waals surface area contributed by atoms with Crippen molar-refractivity contribution in [1.29, 1.82) is 0 Å². The lowest BCUT2D eigenvalue weighted by Gasteiger charge is -2.49. The molecule has 0 radical (unpaired) electrons. The number of nitrogens with one attached hydrogen (secondary N) is 1. The second-order valence-electron chi connectivity index (χ2n) is 6.93. The Hall–Kier alpha value is -0.770. The zero-order valence-corrected chi connectivity index (χ0v) is 12.5. The van der Waals surface area contributed by atoms with Gasteiger partial charge in [-0.1, -0.05) is 33.6 Å². The molecule has 0 spiro atoms. The second kappa shape index (κ2) is 6.60. The summed E-state index contributed by atoms with van der Waals surface area (Å²) in [7, 11) is 0. The molecule has 0 bridgehead atoms. The van der Waals surface area contributed by atoms with Gasteiger partial charge < -0.3 is 15.5 Å². The molecule has 112 valence electrons. The Morgan fingerprint density at radius 3 is 2.26 bits per heavy atom. The van der Waals surface area contributed by atoms with Crippen LogP contribution in [0.25, 0.3) is 0 Å². The fourth-order valence-corrected chi connectivity index (χ4v) is 3.27. The molecule has 1 saturated carbocycles. The Kier molecular flexibility index (Phi) is 5.65. The molecule has 0 atom stereocenters. The fourth-order valence-electron chi connectivity index (χ4n) is 3.27. The maximum Gasteiger partial charge on any atom is 0.405 e. The number of hydrogen-bond acceptors (Lipinski definition) is 2. The highest BCUT2D eigenvalue weighted by Gasteiger charge is 2.45. The van der Waals surface area contributed by atoms with E-state index in [9.17, 15) is 4.79 Å². The average molecular weight is 271 g/mol. The standard InChI is InChI=1S/C15H29NO3/c1-14(2,3)15(16-13(18)19)9-7-12(8-10-15)6-4-5-11-17/h12,16-17H,4-11H2,1-3H3,(H,18,19). The summed E-state index contributed by atoms with van der Waals surface area (Å²) in [6, 6.07) is 0. The van der Waals surface area contributed by atoms with E-state index in [2.05, 4.69) is 26.1 Å². The summed E-state index contributed by atoms with van der Waals surface area (Å²) < 4.78 is 0. The van der Waals surface area contributed by atoms with Gasteiger partial charge in [0.15, 0.2) is 0 Å². The van der Waals surface area contributed by atoms with Gasteiger partial charge in [0, 0.05) is 12.1 Å². The van der Waals surface area contributed by atoms with Crippen LogP contribution in [0, 0.1) is 11.3 Å².